The maximum atomic E-state index is 12.6. The van der Waals surface area contributed by atoms with Crippen molar-refractivity contribution in [3.8, 4) is 17.1 Å². The SMILES string of the molecule is COc1ccccc1-c1nc(SCc2cc(=O)n3nc(C4CCCCC4)sc3n2)n[nH]1. The Labute approximate surface area is 187 Å². The molecule has 0 bridgehead atoms. The Morgan fingerprint density at radius 3 is 2.90 bits per heavy atom. The summed E-state index contributed by atoms with van der Waals surface area (Å²) < 4.78 is 6.83. The van der Waals surface area contributed by atoms with Gasteiger partial charge in [-0.1, -0.05) is 54.5 Å². The molecule has 1 saturated carbocycles. The van der Waals surface area contributed by atoms with Gasteiger partial charge >= 0.3 is 0 Å². The summed E-state index contributed by atoms with van der Waals surface area (Å²) in [4.78, 5) is 22.5. The Kier molecular flexibility index (Phi) is 5.73. The number of fused-ring (bicyclic) bond motifs is 1. The molecule has 1 aliphatic carbocycles. The van der Waals surface area contributed by atoms with Gasteiger partial charge in [-0.15, -0.1) is 5.10 Å². The number of hydrogen-bond donors (Lipinski definition) is 1. The van der Waals surface area contributed by atoms with Crippen molar-refractivity contribution in [3.05, 3.63) is 51.4 Å². The first-order chi connectivity index (χ1) is 15.2. The van der Waals surface area contributed by atoms with Gasteiger partial charge in [-0.3, -0.25) is 9.89 Å². The Bertz CT molecular complexity index is 1260. The predicted molar refractivity (Wildman–Crippen MR) is 121 cm³/mol. The average Bonchev–Trinajstić information content (AvgIpc) is 3.46. The number of thioether (sulfide) groups is 1. The topological polar surface area (TPSA) is 98.1 Å². The van der Waals surface area contributed by atoms with E-state index in [2.05, 4.69) is 25.3 Å². The van der Waals surface area contributed by atoms with Crippen LogP contribution in [0.4, 0.5) is 0 Å². The van der Waals surface area contributed by atoms with Gasteiger partial charge in [0.25, 0.3) is 5.56 Å². The molecular formula is C21H22N6O2S2. The Morgan fingerprint density at radius 1 is 1.23 bits per heavy atom. The number of H-pyrrole nitrogens is 1. The van der Waals surface area contributed by atoms with Crippen LogP contribution < -0.4 is 10.3 Å². The minimum atomic E-state index is -0.136. The summed E-state index contributed by atoms with van der Waals surface area (Å²) in [5.41, 5.74) is 1.42. The fourth-order valence-corrected chi connectivity index (χ4v) is 5.65. The molecule has 1 N–H and O–H groups in total. The van der Waals surface area contributed by atoms with Gasteiger partial charge in [0.05, 0.1) is 18.4 Å². The summed E-state index contributed by atoms with van der Waals surface area (Å²) in [6, 6.07) is 9.20. The van der Waals surface area contributed by atoms with Gasteiger partial charge < -0.3 is 4.74 Å². The van der Waals surface area contributed by atoms with Crippen LogP contribution in [0.25, 0.3) is 16.3 Å². The van der Waals surface area contributed by atoms with Crippen molar-refractivity contribution in [1.82, 2.24) is 29.8 Å². The second kappa shape index (κ2) is 8.80. The van der Waals surface area contributed by atoms with Gasteiger partial charge in [-0.2, -0.15) is 9.61 Å². The third kappa shape index (κ3) is 4.22. The molecule has 5 rings (SSSR count). The summed E-state index contributed by atoms with van der Waals surface area (Å²) >= 11 is 2.97. The molecule has 1 fully saturated rings. The molecule has 0 radical (unpaired) electrons. The van der Waals surface area contributed by atoms with Gasteiger partial charge in [0.2, 0.25) is 10.1 Å². The van der Waals surface area contributed by atoms with Crippen LogP contribution in [-0.2, 0) is 5.75 Å². The first-order valence-corrected chi connectivity index (χ1v) is 12.1. The zero-order chi connectivity index (χ0) is 21.2. The van der Waals surface area contributed by atoms with Crippen LogP contribution in [0.5, 0.6) is 5.75 Å². The third-order valence-corrected chi connectivity index (χ3v) is 7.40. The van der Waals surface area contributed by atoms with Crippen LogP contribution in [0.2, 0.25) is 0 Å². The number of rotatable bonds is 6. The fourth-order valence-electron chi connectivity index (χ4n) is 3.87. The number of nitrogens with one attached hydrogen (secondary N) is 1. The normalized spacial score (nSPS) is 14.9. The molecule has 0 unspecified atom stereocenters. The van der Waals surface area contributed by atoms with Gasteiger partial charge in [0.15, 0.2) is 5.82 Å². The lowest BCUT2D eigenvalue weighted by atomic mass is 9.90. The van der Waals surface area contributed by atoms with E-state index >= 15 is 0 Å². The van der Waals surface area contributed by atoms with E-state index < -0.39 is 0 Å². The van der Waals surface area contributed by atoms with Crippen LogP contribution in [-0.4, -0.2) is 36.9 Å². The van der Waals surface area contributed by atoms with E-state index in [0.717, 1.165) is 29.2 Å². The number of methoxy groups -OCH3 is 1. The molecule has 0 atom stereocenters. The van der Waals surface area contributed by atoms with Crippen molar-refractivity contribution in [2.45, 2.75) is 48.9 Å². The maximum absolute atomic E-state index is 12.6. The molecular weight excluding hydrogens is 432 g/mol. The van der Waals surface area contributed by atoms with Crippen molar-refractivity contribution >= 4 is 28.1 Å². The highest BCUT2D eigenvalue weighted by molar-refractivity contribution is 7.98. The summed E-state index contributed by atoms with van der Waals surface area (Å²) in [5.74, 6) is 2.34. The molecule has 4 aromatic rings. The van der Waals surface area contributed by atoms with Crippen molar-refractivity contribution in [3.63, 3.8) is 0 Å². The molecule has 0 aliphatic heterocycles. The lowest BCUT2D eigenvalue weighted by Crippen LogP contribution is -2.15. The Morgan fingerprint density at radius 2 is 2.06 bits per heavy atom. The van der Waals surface area contributed by atoms with Gasteiger partial charge in [0, 0.05) is 17.7 Å². The molecule has 1 aliphatic rings. The average molecular weight is 455 g/mol. The zero-order valence-electron chi connectivity index (χ0n) is 17.1. The highest BCUT2D eigenvalue weighted by Crippen LogP contribution is 2.34. The third-order valence-electron chi connectivity index (χ3n) is 5.44. The maximum Gasteiger partial charge on any atom is 0.275 e. The summed E-state index contributed by atoms with van der Waals surface area (Å²) in [6.07, 6.45) is 6.06. The predicted octanol–water partition coefficient (Wildman–Crippen LogP) is 4.28. The number of nitrogens with zero attached hydrogens (tertiary/aromatic N) is 5. The number of ether oxygens (including phenoxy) is 1. The molecule has 0 saturated heterocycles. The van der Waals surface area contributed by atoms with Crippen molar-refractivity contribution < 1.29 is 4.74 Å². The minimum Gasteiger partial charge on any atom is -0.496 e. The number of benzene rings is 1. The summed E-state index contributed by atoms with van der Waals surface area (Å²) in [6.45, 7) is 0. The lowest BCUT2D eigenvalue weighted by molar-refractivity contribution is 0.416. The highest BCUT2D eigenvalue weighted by atomic mass is 32.2. The number of hydrogen-bond acceptors (Lipinski definition) is 8. The Balaban J connectivity index is 1.33. The molecule has 31 heavy (non-hydrogen) atoms. The summed E-state index contributed by atoms with van der Waals surface area (Å²) in [5, 5.41) is 13.4. The first-order valence-electron chi connectivity index (χ1n) is 10.3. The Hall–Kier alpha value is -2.72. The quantitative estimate of drug-likeness (QED) is 0.434. The molecule has 8 nitrogen and oxygen atoms in total. The minimum absolute atomic E-state index is 0.136. The highest BCUT2D eigenvalue weighted by Gasteiger charge is 2.21. The smallest absolute Gasteiger partial charge is 0.275 e. The van der Waals surface area contributed by atoms with Gasteiger partial charge in [0.1, 0.15) is 10.8 Å². The van der Waals surface area contributed by atoms with Crippen molar-refractivity contribution in [2.24, 2.45) is 0 Å². The molecule has 0 spiro atoms. The largest absolute Gasteiger partial charge is 0.496 e. The van der Waals surface area contributed by atoms with Crippen LogP contribution in [0.3, 0.4) is 0 Å². The zero-order valence-corrected chi connectivity index (χ0v) is 18.7. The molecule has 3 aromatic heterocycles. The monoisotopic (exact) mass is 454 g/mol. The van der Waals surface area contributed by atoms with Gasteiger partial charge in [-0.25, -0.2) is 9.97 Å². The second-order valence-electron chi connectivity index (χ2n) is 7.51. The van der Waals surface area contributed by atoms with E-state index in [1.54, 1.807) is 13.2 Å². The van der Waals surface area contributed by atoms with Crippen LogP contribution in [0, 0.1) is 0 Å². The molecule has 10 heteroatoms. The van der Waals surface area contributed by atoms with E-state index in [0.29, 0.717) is 33.3 Å². The molecule has 0 amide bonds. The van der Waals surface area contributed by atoms with Crippen molar-refractivity contribution in [2.75, 3.05) is 7.11 Å². The van der Waals surface area contributed by atoms with E-state index in [4.69, 9.17) is 4.74 Å². The fraction of sp³-hybridized carbons (Fsp3) is 0.381. The van der Waals surface area contributed by atoms with Gasteiger partial charge in [-0.05, 0) is 25.0 Å². The van der Waals surface area contributed by atoms with Crippen LogP contribution >= 0.6 is 23.1 Å². The van der Waals surface area contributed by atoms with Crippen molar-refractivity contribution in [1.29, 1.82) is 0 Å². The van der Waals surface area contributed by atoms with E-state index in [9.17, 15) is 4.79 Å². The van der Waals surface area contributed by atoms with E-state index in [-0.39, 0.29) is 5.56 Å². The first kappa shape index (κ1) is 20.2. The molecule has 1 aromatic carbocycles. The van der Waals surface area contributed by atoms with Crippen LogP contribution in [0.15, 0.2) is 40.3 Å². The molecule has 160 valence electrons. The molecule has 3 heterocycles. The van der Waals surface area contributed by atoms with E-state index in [1.807, 2.05) is 24.3 Å². The number of aromatic nitrogens is 6. The number of aromatic amines is 1. The lowest BCUT2D eigenvalue weighted by Gasteiger charge is -2.18. The van der Waals surface area contributed by atoms with Crippen LogP contribution in [0.1, 0.15) is 48.7 Å². The standard InChI is InChI=1S/C21H22N6O2S2/c1-29-16-10-6-5-9-15(16)18-23-20(25-24-18)30-12-14-11-17(28)27-21(22-14)31-19(26-27)13-7-3-2-4-8-13/h5-6,9-11,13H,2-4,7-8,12H2,1H3,(H,23,24,25). The number of para-hydroxylation sites is 1. The summed E-state index contributed by atoms with van der Waals surface area (Å²) in [7, 11) is 1.63. The second-order valence-corrected chi connectivity index (χ2v) is 9.44. The van der Waals surface area contributed by atoms with E-state index in [1.165, 1.54) is 46.9 Å².